The molecule has 0 aliphatic heterocycles. The third-order valence-electron chi connectivity index (χ3n) is 6.04. The van der Waals surface area contributed by atoms with Crippen LogP contribution < -0.4 is 10.6 Å². The Balaban J connectivity index is 1.26. The molecule has 0 saturated carbocycles. The van der Waals surface area contributed by atoms with Crippen molar-refractivity contribution < 1.29 is 24.2 Å². The lowest BCUT2D eigenvalue weighted by Crippen LogP contribution is -2.30. The number of ether oxygens (including phenoxy) is 1. The number of aryl methyl sites for hydroxylation is 1. The first-order valence-electron chi connectivity index (χ1n) is 11.0. The lowest BCUT2D eigenvalue weighted by Gasteiger charge is -2.15. The second-order valence-electron chi connectivity index (χ2n) is 8.27. The molecule has 0 saturated heterocycles. The molecule has 0 fully saturated rings. The van der Waals surface area contributed by atoms with E-state index >= 15 is 0 Å². The molecule has 1 unspecified atom stereocenters. The molecular weight excluding hydrogens is 436 g/mol. The van der Waals surface area contributed by atoms with Gasteiger partial charge < -0.3 is 20.5 Å². The van der Waals surface area contributed by atoms with Gasteiger partial charge in [-0.1, -0.05) is 55.5 Å². The SMILES string of the molecule is CC(CCNC(=O)OCC1c2ccccc2-c2ccccc21)C(=O)Nc1cnn(C)c1C(=O)O. The van der Waals surface area contributed by atoms with Gasteiger partial charge in [0, 0.05) is 25.4 Å². The second kappa shape index (κ2) is 9.78. The number of carboxylic acid groups (broad SMARTS) is 1. The van der Waals surface area contributed by atoms with Crippen molar-refractivity contribution >= 4 is 23.7 Å². The number of alkyl carbamates (subject to hydrolysis) is 1. The highest BCUT2D eigenvalue weighted by atomic mass is 16.5. The molecule has 1 atom stereocenters. The smallest absolute Gasteiger partial charge is 0.407 e. The topological polar surface area (TPSA) is 123 Å². The van der Waals surface area contributed by atoms with Gasteiger partial charge in [-0.3, -0.25) is 9.48 Å². The third-order valence-corrected chi connectivity index (χ3v) is 6.04. The normalized spacial score (nSPS) is 13.0. The summed E-state index contributed by atoms with van der Waals surface area (Å²) in [6.45, 7) is 2.16. The van der Waals surface area contributed by atoms with Crippen LogP contribution in [-0.2, 0) is 16.6 Å². The van der Waals surface area contributed by atoms with E-state index in [4.69, 9.17) is 4.74 Å². The summed E-state index contributed by atoms with van der Waals surface area (Å²) in [6, 6.07) is 16.2. The van der Waals surface area contributed by atoms with Gasteiger partial charge in [0.2, 0.25) is 5.91 Å². The predicted molar refractivity (Wildman–Crippen MR) is 126 cm³/mol. The standard InChI is InChI=1S/C25H26N4O5/c1-15(23(30)28-21-13-27-29(2)22(21)24(31)32)11-12-26-25(33)34-14-20-18-9-5-3-7-16(18)17-8-4-6-10-19(17)20/h3-10,13,15,20H,11-12,14H2,1-2H3,(H,26,33)(H,28,30)(H,31,32). The summed E-state index contributed by atoms with van der Waals surface area (Å²) in [5, 5.41) is 18.4. The number of carbonyl (C=O) groups is 3. The fourth-order valence-corrected chi connectivity index (χ4v) is 4.21. The summed E-state index contributed by atoms with van der Waals surface area (Å²) in [7, 11) is 1.49. The highest BCUT2D eigenvalue weighted by Gasteiger charge is 2.29. The molecule has 3 aromatic rings. The second-order valence-corrected chi connectivity index (χ2v) is 8.27. The van der Waals surface area contributed by atoms with E-state index in [-0.39, 0.29) is 36.4 Å². The van der Waals surface area contributed by atoms with E-state index in [0.717, 1.165) is 22.3 Å². The number of nitrogens with zero attached hydrogens (tertiary/aromatic N) is 2. The Morgan fingerprint density at radius 1 is 1.09 bits per heavy atom. The first-order chi connectivity index (χ1) is 16.4. The Hall–Kier alpha value is -4.14. The van der Waals surface area contributed by atoms with Crippen molar-refractivity contribution in [2.45, 2.75) is 19.3 Å². The Morgan fingerprint density at radius 2 is 1.71 bits per heavy atom. The van der Waals surface area contributed by atoms with Gasteiger partial charge in [0.1, 0.15) is 6.61 Å². The molecule has 1 heterocycles. The van der Waals surface area contributed by atoms with Gasteiger partial charge in [-0.25, -0.2) is 9.59 Å². The van der Waals surface area contributed by atoms with Gasteiger partial charge >= 0.3 is 12.1 Å². The van der Waals surface area contributed by atoms with Crippen molar-refractivity contribution in [2.24, 2.45) is 13.0 Å². The maximum atomic E-state index is 12.4. The first-order valence-corrected chi connectivity index (χ1v) is 11.0. The van der Waals surface area contributed by atoms with Crippen molar-refractivity contribution in [3.05, 3.63) is 71.5 Å². The van der Waals surface area contributed by atoms with Gasteiger partial charge in [0.05, 0.1) is 11.9 Å². The molecule has 176 valence electrons. The fourth-order valence-electron chi connectivity index (χ4n) is 4.21. The van der Waals surface area contributed by atoms with Crippen LogP contribution in [0.2, 0.25) is 0 Å². The highest BCUT2D eigenvalue weighted by Crippen LogP contribution is 2.44. The number of aromatic carboxylic acids is 1. The van der Waals surface area contributed by atoms with Crippen molar-refractivity contribution in [2.75, 3.05) is 18.5 Å². The average Bonchev–Trinajstić information content (AvgIpc) is 3.35. The third kappa shape index (κ3) is 4.63. The number of aromatic nitrogens is 2. The van der Waals surface area contributed by atoms with Gasteiger partial charge in [-0.05, 0) is 28.7 Å². The van der Waals surface area contributed by atoms with E-state index in [0.29, 0.717) is 6.42 Å². The molecule has 9 heteroatoms. The number of benzene rings is 2. The summed E-state index contributed by atoms with van der Waals surface area (Å²) in [4.78, 5) is 36.0. The van der Waals surface area contributed by atoms with E-state index in [1.807, 2.05) is 24.3 Å². The molecule has 4 rings (SSSR count). The summed E-state index contributed by atoms with van der Waals surface area (Å²) < 4.78 is 6.68. The van der Waals surface area contributed by atoms with E-state index in [2.05, 4.69) is 40.0 Å². The summed E-state index contributed by atoms with van der Waals surface area (Å²) >= 11 is 0. The molecule has 1 aliphatic rings. The van der Waals surface area contributed by atoms with Crippen LogP contribution in [0.25, 0.3) is 11.1 Å². The van der Waals surface area contributed by atoms with E-state index in [9.17, 15) is 19.5 Å². The number of fused-ring (bicyclic) bond motifs is 3. The molecule has 2 amide bonds. The number of hydrogen-bond acceptors (Lipinski definition) is 5. The fraction of sp³-hybridized carbons (Fsp3) is 0.280. The van der Waals surface area contributed by atoms with Gasteiger partial charge in [-0.15, -0.1) is 0 Å². The van der Waals surface area contributed by atoms with Gasteiger partial charge in [-0.2, -0.15) is 5.10 Å². The van der Waals surface area contributed by atoms with E-state index < -0.39 is 18.0 Å². The van der Waals surface area contributed by atoms with Crippen molar-refractivity contribution in [1.82, 2.24) is 15.1 Å². The van der Waals surface area contributed by atoms with Crippen molar-refractivity contribution in [3.8, 4) is 11.1 Å². The maximum Gasteiger partial charge on any atom is 0.407 e. The molecule has 1 aromatic heterocycles. The predicted octanol–water partition coefficient (Wildman–Crippen LogP) is 3.62. The van der Waals surface area contributed by atoms with Crippen molar-refractivity contribution in [3.63, 3.8) is 0 Å². The molecule has 2 aromatic carbocycles. The minimum Gasteiger partial charge on any atom is -0.476 e. The number of carbonyl (C=O) groups excluding carboxylic acids is 2. The number of nitrogens with one attached hydrogen (secondary N) is 2. The number of anilines is 1. The molecule has 0 spiro atoms. The Labute approximate surface area is 196 Å². The van der Waals surface area contributed by atoms with Crippen LogP contribution in [0.5, 0.6) is 0 Å². The average molecular weight is 463 g/mol. The number of amides is 2. The molecule has 1 aliphatic carbocycles. The van der Waals surface area contributed by atoms with E-state index in [1.165, 1.54) is 17.9 Å². The zero-order valence-corrected chi connectivity index (χ0v) is 18.9. The Morgan fingerprint density at radius 3 is 2.32 bits per heavy atom. The summed E-state index contributed by atoms with van der Waals surface area (Å²) in [6.07, 6.45) is 1.11. The van der Waals surface area contributed by atoms with Crippen LogP contribution in [0.15, 0.2) is 54.7 Å². The number of rotatable bonds is 8. The minimum atomic E-state index is -1.18. The van der Waals surface area contributed by atoms with Crippen LogP contribution in [0.1, 0.15) is 40.9 Å². The molecular formula is C25H26N4O5. The first kappa shape index (κ1) is 23.0. The lowest BCUT2D eigenvalue weighted by atomic mass is 9.98. The molecule has 9 nitrogen and oxygen atoms in total. The highest BCUT2D eigenvalue weighted by molar-refractivity contribution is 5.99. The lowest BCUT2D eigenvalue weighted by molar-refractivity contribution is -0.119. The summed E-state index contributed by atoms with van der Waals surface area (Å²) in [5.74, 6) is -2.02. The largest absolute Gasteiger partial charge is 0.476 e. The number of carboxylic acids is 1. The van der Waals surface area contributed by atoms with Crippen LogP contribution in [0, 0.1) is 5.92 Å². The Kier molecular flexibility index (Phi) is 6.62. The van der Waals surface area contributed by atoms with Crippen LogP contribution >= 0.6 is 0 Å². The quantitative estimate of drug-likeness (QED) is 0.470. The van der Waals surface area contributed by atoms with Crippen LogP contribution in [-0.4, -0.2) is 46.0 Å². The van der Waals surface area contributed by atoms with Crippen molar-refractivity contribution in [1.29, 1.82) is 0 Å². The van der Waals surface area contributed by atoms with Crippen LogP contribution in [0.4, 0.5) is 10.5 Å². The minimum absolute atomic E-state index is 0.0224. The summed E-state index contributed by atoms with van der Waals surface area (Å²) in [5.41, 5.74) is 4.63. The van der Waals surface area contributed by atoms with Crippen LogP contribution in [0.3, 0.4) is 0 Å². The van der Waals surface area contributed by atoms with Gasteiger partial charge in [0.15, 0.2) is 5.69 Å². The zero-order valence-electron chi connectivity index (χ0n) is 18.9. The van der Waals surface area contributed by atoms with E-state index in [1.54, 1.807) is 6.92 Å². The van der Waals surface area contributed by atoms with Gasteiger partial charge in [0.25, 0.3) is 0 Å². The number of hydrogen-bond donors (Lipinski definition) is 3. The maximum absolute atomic E-state index is 12.4. The molecule has 34 heavy (non-hydrogen) atoms. The molecule has 0 radical (unpaired) electrons. The Bertz CT molecular complexity index is 1190. The molecule has 0 bridgehead atoms. The zero-order chi connectivity index (χ0) is 24.2. The molecule has 3 N–H and O–H groups in total. The monoisotopic (exact) mass is 462 g/mol.